The van der Waals surface area contributed by atoms with Gasteiger partial charge in [0.05, 0.1) is 10.7 Å². The summed E-state index contributed by atoms with van der Waals surface area (Å²) in [6, 6.07) is 4.27. The number of hydrogen-bond donors (Lipinski definition) is 0. The Morgan fingerprint density at radius 2 is 1.90 bits per heavy atom. The van der Waals surface area contributed by atoms with Crippen molar-refractivity contribution in [3.05, 3.63) is 41.0 Å². The Morgan fingerprint density at radius 3 is 2.55 bits per heavy atom. The summed E-state index contributed by atoms with van der Waals surface area (Å²) in [5.41, 5.74) is -0.320. The molecule has 0 N–H and O–H groups in total. The van der Waals surface area contributed by atoms with Gasteiger partial charge in [-0.05, 0) is 67.7 Å². The third-order valence-corrected chi connectivity index (χ3v) is 6.22. The average Bonchev–Trinajstić information content (AvgIpc) is 2.67. The standard InChI is InChI=1S/C22H26BrFN4O3/c1-21(2,3)31-20(29)27-8-6-22(7-9-27)12-28(13-22)19-18(11-25-14-26-19)30-17-5-4-15(24)10-16(17)23/h4-5,10-11,14H,6-9,12-13H2,1-3H3. The van der Waals surface area contributed by atoms with E-state index in [1.54, 1.807) is 17.2 Å². The summed E-state index contributed by atoms with van der Waals surface area (Å²) in [6.45, 7) is 8.71. The van der Waals surface area contributed by atoms with Crippen molar-refractivity contribution in [3.8, 4) is 11.5 Å². The number of nitrogens with zero attached hydrogens (tertiary/aromatic N) is 4. The molecule has 0 bridgehead atoms. The van der Waals surface area contributed by atoms with E-state index in [4.69, 9.17) is 9.47 Å². The van der Waals surface area contributed by atoms with E-state index in [9.17, 15) is 9.18 Å². The summed E-state index contributed by atoms with van der Waals surface area (Å²) in [4.78, 5) is 24.8. The van der Waals surface area contributed by atoms with Crippen LogP contribution in [0.5, 0.6) is 11.5 Å². The second-order valence-electron chi connectivity index (χ2n) is 9.21. The highest BCUT2D eigenvalue weighted by Gasteiger charge is 2.47. The van der Waals surface area contributed by atoms with Crippen molar-refractivity contribution in [1.82, 2.24) is 14.9 Å². The minimum absolute atomic E-state index is 0.164. The lowest BCUT2D eigenvalue weighted by atomic mass is 9.72. The molecule has 0 unspecified atom stereocenters. The lowest BCUT2D eigenvalue weighted by molar-refractivity contribution is 0.00587. The number of ether oxygens (including phenoxy) is 2. The second kappa shape index (κ2) is 8.26. The Hall–Kier alpha value is -2.42. The topological polar surface area (TPSA) is 67.8 Å². The summed E-state index contributed by atoms with van der Waals surface area (Å²) in [5.74, 6) is 1.40. The molecule has 0 saturated carbocycles. The maximum Gasteiger partial charge on any atom is 0.410 e. The lowest BCUT2D eigenvalue weighted by Gasteiger charge is -2.54. The largest absolute Gasteiger partial charge is 0.451 e. The highest BCUT2D eigenvalue weighted by Crippen LogP contribution is 2.45. The van der Waals surface area contributed by atoms with Crippen LogP contribution < -0.4 is 9.64 Å². The van der Waals surface area contributed by atoms with Crippen LogP contribution in [0.1, 0.15) is 33.6 Å². The number of halogens is 2. The fourth-order valence-electron chi connectivity index (χ4n) is 4.02. The molecular weight excluding hydrogens is 467 g/mol. The first-order valence-corrected chi connectivity index (χ1v) is 11.1. The molecule has 4 rings (SSSR count). The number of benzene rings is 1. The van der Waals surface area contributed by atoms with E-state index in [0.29, 0.717) is 34.9 Å². The average molecular weight is 493 g/mol. The molecule has 1 amide bonds. The fraction of sp³-hybridized carbons (Fsp3) is 0.500. The molecule has 3 heterocycles. The van der Waals surface area contributed by atoms with Gasteiger partial charge < -0.3 is 19.3 Å². The molecule has 0 aliphatic carbocycles. The Morgan fingerprint density at radius 1 is 1.19 bits per heavy atom. The van der Waals surface area contributed by atoms with Crippen LogP contribution in [-0.2, 0) is 4.74 Å². The van der Waals surface area contributed by atoms with E-state index in [1.807, 2.05) is 20.8 Å². The van der Waals surface area contributed by atoms with Gasteiger partial charge in [0.2, 0.25) is 0 Å². The van der Waals surface area contributed by atoms with Crippen LogP contribution in [0.2, 0.25) is 0 Å². The van der Waals surface area contributed by atoms with Crippen molar-refractivity contribution in [1.29, 1.82) is 0 Å². The predicted molar refractivity (Wildman–Crippen MR) is 118 cm³/mol. The number of carbonyl (C=O) groups excluding carboxylic acids is 1. The number of hydrogen-bond acceptors (Lipinski definition) is 6. The molecule has 9 heteroatoms. The number of amides is 1. The first-order chi connectivity index (χ1) is 14.6. The molecule has 2 saturated heterocycles. The molecule has 2 fully saturated rings. The third kappa shape index (κ3) is 4.92. The minimum atomic E-state index is -0.484. The molecule has 1 aromatic heterocycles. The Balaban J connectivity index is 1.38. The lowest BCUT2D eigenvalue weighted by Crippen LogP contribution is -2.61. The molecule has 0 radical (unpaired) electrons. The van der Waals surface area contributed by atoms with Crippen molar-refractivity contribution in [2.24, 2.45) is 5.41 Å². The molecule has 166 valence electrons. The molecule has 1 spiro atoms. The van der Waals surface area contributed by atoms with E-state index < -0.39 is 5.60 Å². The number of carbonyl (C=O) groups is 1. The predicted octanol–water partition coefficient (Wildman–Crippen LogP) is 5.01. The molecule has 2 aliphatic rings. The summed E-state index contributed by atoms with van der Waals surface area (Å²) in [5, 5.41) is 0. The van der Waals surface area contributed by atoms with Crippen molar-refractivity contribution in [2.45, 2.75) is 39.2 Å². The zero-order valence-corrected chi connectivity index (χ0v) is 19.5. The van der Waals surface area contributed by atoms with Gasteiger partial charge in [-0.1, -0.05) is 0 Å². The van der Waals surface area contributed by atoms with Crippen molar-refractivity contribution in [2.75, 3.05) is 31.1 Å². The fourth-order valence-corrected chi connectivity index (χ4v) is 4.45. The first-order valence-electron chi connectivity index (χ1n) is 10.3. The van der Waals surface area contributed by atoms with Crippen molar-refractivity contribution >= 4 is 27.8 Å². The van der Waals surface area contributed by atoms with Crippen LogP contribution >= 0.6 is 15.9 Å². The smallest absolute Gasteiger partial charge is 0.410 e. The van der Waals surface area contributed by atoms with Crippen LogP contribution in [0.15, 0.2) is 35.2 Å². The summed E-state index contributed by atoms with van der Waals surface area (Å²) in [6.07, 6.45) is 4.72. The highest BCUT2D eigenvalue weighted by molar-refractivity contribution is 9.10. The highest BCUT2D eigenvalue weighted by atomic mass is 79.9. The number of anilines is 1. The molecule has 31 heavy (non-hydrogen) atoms. The Bertz CT molecular complexity index is 965. The Kier molecular flexibility index (Phi) is 5.81. The van der Waals surface area contributed by atoms with Gasteiger partial charge in [0, 0.05) is 31.6 Å². The zero-order valence-electron chi connectivity index (χ0n) is 17.9. The zero-order chi connectivity index (χ0) is 22.2. The van der Waals surface area contributed by atoms with Gasteiger partial charge in [-0.15, -0.1) is 0 Å². The van der Waals surface area contributed by atoms with Gasteiger partial charge in [0.25, 0.3) is 0 Å². The summed E-state index contributed by atoms with van der Waals surface area (Å²) >= 11 is 3.33. The Labute approximate surface area is 189 Å². The molecule has 7 nitrogen and oxygen atoms in total. The number of rotatable bonds is 3. The normalized spacial score (nSPS) is 18.0. The summed E-state index contributed by atoms with van der Waals surface area (Å²) < 4.78 is 25.4. The van der Waals surface area contributed by atoms with E-state index in [0.717, 1.165) is 25.9 Å². The van der Waals surface area contributed by atoms with Crippen LogP contribution in [0.25, 0.3) is 0 Å². The van der Waals surface area contributed by atoms with Crippen LogP contribution in [0.3, 0.4) is 0 Å². The van der Waals surface area contributed by atoms with E-state index >= 15 is 0 Å². The minimum Gasteiger partial charge on any atom is -0.451 e. The van der Waals surface area contributed by atoms with Crippen LogP contribution in [0.4, 0.5) is 15.0 Å². The maximum absolute atomic E-state index is 13.4. The number of aromatic nitrogens is 2. The van der Waals surface area contributed by atoms with Gasteiger partial charge in [0.1, 0.15) is 23.5 Å². The van der Waals surface area contributed by atoms with E-state index in [1.165, 1.54) is 18.5 Å². The maximum atomic E-state index is 13.4. The SMILES string of the molecule is CC(C)(C)OC(=O)N1CCC2(CC1)CN(c1ncncc1Oc1ccc(F)cc1Br)C2. The van der Waals surface area contributed by atoms with Crippen LogP contribution in [0, 0.1) is 11.2 Å². The molecule has 2 aliphatic heterocycles. The van der Waals surface area contributed by atoms with Crippen LogP contribution in [-0.4, -0.2) is 52.7 Å². The molecular formula is C22H26BrFN4O3. The van der Waals surface area contributed by atoms with Crippen molar-refractivity contribution < 1.29 is 18.7 Å². The van der Waals surface area contributed by atoms with Gasteiger partial charge in [-0.25, -0.2) is 19.2 Å². The first kappa shape index (κ1) is 21.8. The van der Waals surface area contributed by atoms with Gasteiger partial charge >= 0.3 is 6.09 Å². The second-order valence-corrected chi connectivity index (χ2v) is 10.1. The third-order valence-electron chi connectivity index (χ3n) is 5.60. The summed E-state index contributed by atoms with van der Waals surface area (Å²) in [7, 11) is 0. The van der Waals surface area contributed by atoms with Crippen molar-refractivity contribution in [3.63, 3.8) is 0 Å². The van der Waals surface area contributed by atoms with Gasteiger partial charge in [-0.3, -0.25) is 0 Å². The monoisotopic (exact) mass is 492 g/mol. The quantitative estimate of drug-likeness (QED) is 0.599. The van der Waals surface area contributed by atoms with E-state index in [2.05, 4.69) is 30.8 Å². The molecule has 0 atom stereocenters. The number of piperidine rings is 1. The van der Waals surface area contributed by atoms with Gasteiger partial charge in [-0.2, -0.15) is 0 Å². The number of likely N-dealkylation sites (tertiary alicyclic amines) is 1. The molecule has 2 aromatic rings. The molecule has 1 aromatic carbocycles. The van der Waals surface area contributed by atoms with Gasteiger partial charge in [0.15, 0.2) is 11.6 Å². The van der Waals surface area contributed by atoms with E-state index in [-0.39, 0.29) is 17.3 Å².